The topological polar surface area (TPSA) is 222 Å². The summed E-state index contributed by atoms with van der Waals surface area (Å²) in [5, 5.41) is 22.6. The zero-order valence-corrected chi connectivity index (χ0v) is 16.5. The first-order chi connectivity index (χ1) is 13.9. The van der Waals surface area contributed by atoms with Crippen molar-refractivity contribution in [2.24, 2.45) is 11.5 Å². The van der Waals surface area contributed by atoms with Gasteiger partial charge in [-0.3, -0.25) is 24.0 Å². The van der Waals surface area contributed by atoms with Crippen molar-refractivity contribution < 1.29 is 39.0 Å². The van der Waals surface area contributed by atoms with Gasteiger partial charge in [0.05, 0.1) is 12.5 Å². The zero-order valence-electron chi connectivity index (χ0n) is 16.5. The number of amides is 4. The molecule has 0 spiro atoms. The maximum Gasteiger partial charge on any atom is 0.326 e. The Hall–Kier alpha value is -3.22. The zero-order chi connectivity index (χ0) is 23.0. The monoisotopic (exact) mass is 429 g/mol. The van der Waals surface area contributed by atoms with Crippen LogP contribution < -0.4 is 22.1 Å². The second kappa shape index (κ2) is 11.1. The molecule has 0 aromatic rings. The highest BCUT2D eigenvalue weighted by Gasteiger charge is 2.38. The second-order valence-electron chi connectivity index (χ2n) is 7.03. The SMILES string of the molecule is CC(NC(=O)C(N)CC(=O)O)C(=O)NC(CCC(N)=O)C(=O)N1CCCC1C(=O)O. The number of carbonyl (C=O) groups is 6. The third-order valence-corrected chi connectivity index (χ3v) is 4.60. The van der Waals surface area contributed by atoms with Crippen molar-refractivity contribution in [1.82, 2.24) is 15.5 Å². The van der Waals surface area contributed by atoms with Gasteiger partial charge in [0.25, 0.3) is 0 Å². The van der Waals surface area contributed by atoms with Crippen LogP contribution in [-0.4, -0.2) is 81.4 Å². The fourth-order valence-corrected chi connectivity index (χ4v) is 2.99. The van der Waals surface area contributed by atoms with E-state index in [0.29, 0.717) is 6.42 Å². The molecule has 13 nitrogen and oxygen atoms in total. The Bertz CT molecular complexity index is 712. The molecular formula is C17H27N5O8. The lowest BCUT2D eigenvalue weighted by Gasteiger charge is -2.28. The van der Waals surface area contributed by atoms with Gasteiger partial charge in [-0.05, 0) is 26.2 Å². The molecule has 0 aliphatic carbocycles. The molecule has 4 amide bonds. The van der Waals surface area contributed by atoms with E-state index in [2.05, 4.69) is 10.6 Å². The number of nitrogens with one attached hydrogen (secondary N) is 2. The van der Waals surface area contributed by atoms with Crippen molar-refractivity contribution in [2.45, 2.75) is 63.2 Å². The molecule has 0 aromatic carbocycles. The molecule has 1 rings (SSSR count). The molecule has 0 radical (unpaired) electrons. The second-order valence-corrected chi connectivity index (χ2v) is 7.03. The summed E-state index contributed by atoms with van der Waals surface area (Å²) < 4.78 is 0. The number of hydrogen-bond acceptors (Lipinski definition) is 7. The summed E-state index contributed by atoms with van der Waals surface area (Å²) in [5.41, 5.74) is 10.5. The van der Waals surface area contributed by atoms with Gasteiger partial charge in [-0.1, -0.05) is 0 Å². The van der Waals surface area contributed by atoms with Crippen molar-refractivity contribution in [2.75, 3.05) is 6.54 Å². The highest BCUT2D eigenvalue weighted by molar-refractivity contribution is 5.95. The Morgan fingerprint density at radius 1 is 1.10 bits per heavy atom. The van der Waals surface area contributed by atoms with Gasteiger partial charge in [-0.2, -0.15) is 0 Å². The summed E-state index contributed by atoms with van der Waals surface area (Å²) in [7, 11) is 0. The van der Waals surface area contributed by atoms with E-state index in [4.69, 9.17) is 16.6 Å². The highest BCUT2D eigenvalue weighted by atomic mass is 16.4. The number of aliphatic carboxylic acids is 2. The molecule has 0 bridgehead atoms. The highest BCUT2D eigenvalue weighted by Crippen LogP contribution is 2.19. The van der Waals surface area contributed by atoms with Crippen molar-refractivity contribution >= 4 is 35.6 Å². The first-order valence-electron chi connectivity index (χ1n) is 9.33. The molecule has 4 unspecified atom stereocenters. The number of rotatable bonds is 11. The predicted molar refractivity (Wildman–Crippen MR) is 101 cm³/mol. The van der Waals surface area contributed by atoms with Crippen molar-refractivity contribution in [3.8, 4) is 0 Å². The summed E-state index contributed by atoms with van der Waals surface area (Å²) in [6, 6.07) is -4.80. The molecule has 1 aliphatic rings. The molecule has 4 atom stereocenters. The molecule has 30 heavy (non-hydrogen) atoms. The Morgan fingerprint density at radius 3 is 2.27 bits per heavy atom. The minimum atomic E-state index is -1.37. The van der Waals surface area contributed by atoms with Crippen LogP contribution in [0.25, 0.3) is 0 Å². The lowest BCUT2D eigenvalue weighted by atomic mass is 10.1. The summed E-state index contributed by atoms with van der Waals surface area (Å²) in [4.78, 5) is 71.3. The maximum absolute atomic E-state index is 12.8. The van der Waals surface area contributed by atoms with Crippen LogP contribution in [0.5, 0.6) is 0 Å². The molecule has 168 valence electrons. The van der Waals surface area contributed by atoms with Gasteiger partial charge < -0.3 is 37.2 Å². The van der Waals surface area contributed by atoms with E-state index in [9.17, 15) is 33.9 Å². The van der Waals surface area contributed by atoms with E-state index in [1.807, 2.05) is 0 Å². The van der Waals surface area contributed by atoms with Gasteiger partial charge in [0.15, 0.2) is 0 Å². The van der Waals surface area contributed by atoms with Crippen LogP contribution in [0.15, 0.2) is 0 Å². The van der Waals surface area contributed by atoms with Gasteiger partial charge in [0.1, 0.15) is 18.1 Å². The lowest BCUT2D eigenvalue weighted by Crippen LogP contribution is -2.56. The Morgan fingerprint density at radius 2 is 1.73 bits per heavy atom. The quantitative estimate of drug-likeness (QED) is 0.198. The summed E-state index contributed by atoms with van der Waals surface area (Å²) >= 11 is 0. The smallest absolute Gasteiger partial charge is 0.326 e. The lowest BCUT2D eigenvalue weighted by molar-refractivity contribution is -0.149. The number of nitrogens with zero attached hydrogens (tertiary/aromatic N) is 1. The van der Waals surface area contributed by atoms with Gasteiger partial charge in [0.2, 0.25) is 23.6 Å². The number of carbonyl (C=O) groups excluding carboxylic acids is 4. The molecule has 1 fully saturated rings. The number of nitrogens with two attached hydrogens (primary N) is 2. The fraction of sp³-hybridized carbons (Fsp3) is 0.647. The first-order valence-corrected chi connectivity index (χ1v) is 9.33. The molecule has 8 N–H and O–H groups in total. The van der Waals surface area contributed by atoms with Crippen LogP contribution in [0, 0.1) is 0 Å². The van der Waals surface area contributed by atoms with Crippen molar-refractivity contribution in [3.63, 3.8) is 0 Å². The maximum atomic E-state index is 12.8. The Labute approximate surface area is 172 Å². The number of carboxylic acid groups (broad SMARTS) is 2. The molecule has 1 heterocycles. The van der Waals surface area contributed by atoms with Gasteiger partial charge in [-0.15, -0.1) is 0 Å². The van der Waals surface area contributed by atoms with Gasteiger partial charge in [0, 0.05) is 13.0 Å². The third-order valence-electron chi connectivity index (χ3n) is 4.60. The molecule has 1 aliphatic heterocycles. The van der Waals surface area contributed by atoms with Crippen LogP contribution in [0.4, 0.5) is 0 Å². The van der Waals surface area contributed by atoms with Gasteiger partial charge >= 0.3 is 11.9 Å². The average Bonchev–Trinajstić information content (AvgIpc) is 3.13. The Kier molecular flexibility index (Phi) is 9.17. The van der Waals surface area contributed by atoms with E-state index < -0.39 is 66.2 Å². The summed E-state index contributed by atoms with van der Waals surface area (Å²) in [6.07, 6.45) is -0.265. The summed E-state index contributed by atoms with van der Waals surface area (Å²) in [6.45, 7) is 1.49. The first kappa shape index (κ1) is 24.8. The van der Waals surface area contributed by atoms with E-state index in [1.54, 1.807) is 0 Å². The molecule has 1 saturated heterocycles. The standard InChI is InChI=1S/C17H27N5O8/c1-8(20-15(27)9(18)7-13(24)25)14(26)21-10(4-5-12(19)23)16(28)22-6-2-3-11(22)17(29)30/h8-11H,2-7,18H2,1H3,(H2,19,23)(H,20,27)(H,21,26)(H,24,25)(H,29,30). The van der Waals surface area contributed by atoms with E-state index in [1.165, 1.54) is 6.92 Å². The van der Waals surface area contributed by atoms with E-state index >= 15 is 0 Å². The van der Waals surface area contributed by atoms with Crippen LogP contribution in [0.3, 0.4) is 0 Å². The van der Waals surface area contributed by atoms with Crippen LogP contribution in [0.1, 0.15) is 39.0 Å². The number of likely N-dealkylation sites (tertiary alicyclic amines) is 1. The van der Waals surface area contributed by atoms with Crippen LogP contribution in [-0.2, 0) is 28.8 Å². The normalized spacial score (nSPS) is 18.7. The molecular weight excluding hydrogens is 402 g/mol. The molecule has 0 aromatic heterocycles. The number of primary amides is 1. The fourth-order valence-electron chi connectivity index (χ4n) is 2.99. The average molecular weight is 429 g/mol. The van der Waals surface area contributed by atoms with Crippen molar-refractivity contribution in [1.29, 1.82) is 0 Å². The number of carboxylic acids is 2. The van der Waals surface area contributed by atoms with Gasteiger partial charge in [-0.25, -0.2) is 4.79 Å². The van der Waals surface area contributed by atoms with E-state index in [0.717, 1.165) is 4.90 Å². The minimum absolute atomic E-state index is 0.151. The van der Waals surface area contributed by atoms with E-state index in [-0.39, 0.29) is 25.8 Å². The summed E-state index contributed by atoms with van der Waals surface area (Å²) in [5.74, 6) is -5.50. The molecule has 13 heteroatoms. The van der Waals surface area contributed by atoms with Crippen LogP contribution >= 0.6 is 0 Å². The number of hydrogen-bond donors (Lipinski definition) is 6. The molecule has 0 saturated carbocycles. The minimum Gasteiger partial charge on any atom is -0.481 e. The third kappa shape index (κ3) is 7.31. The van der Waals surface area contributed by atoms with Crippen LogP contribution in [0.2, 0.25) is 0 Å². The Balaban J connectivity index is 2.83. The predicted octanol–water partition coefficient (Wildman–Crippen LogP) is -2.88. The largest absolute Gasteiger partial charge is 0.481 e. The van der Waals surface area contributed by atoms with Crippen molar-refractivity contribution in [3.05, 3.63) is 0 Å².